The summed E-state index contributed by atoms with van der Waals surface area (Å²) in [5.74, 6) is -3.88. The van der Waals surface area contributed by atoms with Gasteiger partial charge in [-0.15, -0.1) is 13.2 Å². The summed E-state index contributed by atoms with van der Waals surface area (Å²) >= 11 is 0. The molecule has 0 bridgehead atoms. The number of ether oxygens (including phenoxy) is 1. The number of carbonyl (C=O) groups is 3. The first kappa shape index (κ1) is 28.4. The molecule has 1 aliphatic heterocycles. The summed E-state index contributed by atoms with van der Waals surface area (Å²) in [5, 5.41) is 11.5. The molecular formula is C30H23F4N7O4. The van der Waals surface area contributed by atoms with E-state index in [0.29, 0.717) is 29.4 Å². The van der Waals surface area contributed by atoms with Crippen LogP contribution in [0.15, 0.2) is 61.1 Å². The number of benzene rings is 2. The van der Waals surface area contributed by atoms with E-state index in [2.05, 4.69) is 25.2 Å². The van der Waals surface area contributed by atoms with Gasteiger partial charge in [0, 0.05) is 42.4 Å². The molecule has 1 unspecified atom stereocenters. The van der Waals surface area contributed by atoms with Crippen molar-refractivity contribution < 1.29 is 36.7 Å². The molecule has 2 fully saturated rings. The summed E-state index contributed by atoms with van der Waals surface area (Å²) < 4.78 is 59.4. The van der Waals surface area contributed by atoms with Crippen molar-refractivity contribution in [3.05, 3.63) is 72.6 Å². The zero-order valence-electron chi connectivity index (χ0n) is 23.5. The third kappa shape index (κ3) is 5.23. The Kier molecular flexibility index (Phi) is 6.56. The number of hydrogen-bond donors (Lipinski definition) is 1. The summed E-state index contributed by atoms with van der Waals surface area (Å²) in [7, 11) is 0. The molecule has 1 saturated heterocycles. The van der Waals surface area contributed by atoms with E-state index in [0.717, 1.165) is 29.3 Å². The fourth-order valence-electron chi connectivity index (χ4n) is 5.98. The lowest BCUT2D eigenvalue weighted by Gasteiger charge is -2.27. The topological polar surface area (TPSA) is 124 Å². The number of aromatic nitrogens is 5. The van der Waals surface area contributed by atoms with E-state index in [1.165, 1.54) is 16.5 Å². The Bertz CT molecular complexity index is 2020. The summed E-state index contributed by atoms with van der Waals surface area (Å²) in [6.45, 7) is 1.10. The van der Waals surface area contributed by atoms with Crippen LogP contribution in [-0.4, -0.2) is 65.3 Å². The number of nitrogens with one attached hydrogen (secondary N) is 1. The Morgan fingerprint density at radius 3 is 2.69 bits per heavy atom. The minimum atomic E-state index is -5.12. The molecule has 0 spiro atoms. The number of amides is 2. The maximum Gasteiger partial charge on any atom is 0.573 e. The van der Waals surface area contributed by atoms with Crippen molar-refractivity contribution in [2.75, 3.05) is 5.32 Å². The molecule has 2 amide bonds. The Labute approximate surface area is 251 Å². The second-order valence-electron chi connectivity index (χ2n) is 11.0. The molecule has 2 aliphatic rings. The molecule has 3 atom stereocenters. The van der Waals surface area contributed by atoms with E-state index < -0.39 is 41.5 Å². The van der Waals surface area contributed by atoms with Gasteiger partial charge in [-0.05, 0) is 48.6 Å². The molecule has 0 radical (unpaired) electrons. The number of hydrogen-bond acceptors (Lipinski definition) is 7. The number of nitrogens with zero attached hydrogens (tertiary/aromatic N) is 6. The van der Waals surface area contributed by atoms with E-state index in [1.807, 2.05) is 6.07 Å². The molecule has 15 heteroatoms. The van der Waals surface area contributed by atoms with Gasteiger partial charge >= 0.3 is 6.36 Å². The number of anilines is 1. The van der Waals surface area contributed by atoms with Gasteiger partial charge in [-0.25, -0.2) is 13.9 Å². The molecule has 45 heavy (non-hydrogen) atoms. The zero-order chi connectivity index (χ0) is 31.6. The zero-order valence-corrected chi connectivity index (χ0v) is 23.5. The van der Waals surface area contributed by atoms with E-state index in [1.54, 1.807) is 41.3 Å². The van der Waals surface area contributed by atoms with Crippen LogP contribution >= 0.6 is 0 Å². The Morgan fingerprint density at radius 1 is 1.09 bits per heavy atom. The van der Waals surface area contributed by atoms with Crippen LogP contribution in [0, 0.1) is 11.7 Å². The fraction of sp³-hybridized carbons (Fsp3) is 0.267. The van der Waals surface area contributed by atoms with Gasteiger partial charge in [0.05, 0.1) is 17.4 Å². The molecule has 5 aromatic rings. The van der Waals surface area contributed by atoms with Crippen LogP contribution in [0.25, 0.3) is 27.7 Å². The quantitative estimate of drug-likeness (QED) is 0.208. The van der Waals surface area contributed by atoms with Gasteiger partial charge in [-0.2, -0.15) is 10.2 Å². The Balaban J connectivity index is 1.14. The average molecular weight is 622 g/mol. The first-order valence-corrected chi connectivity index (χ1v) is 13.9. The van der Waals surface area contributed by atoms with Crippen molar-refractivity contribution in [2.24, 2.45) is 5.92 Å². The van der Waals surface area contributed by atoms with Crippen LogP contribution < -0.4 is 10.1 Å². The summed E-state index contributed by atoms with van der Waals surface area (Å²) in [5.41, 5.74) is 2.39. The van der Waals surface area contributed by atoms with E-state index >= 15 is 0 Å². The maximum absolute atomic E-state index is 14.7. The van der Waals surface area contributed by atoms with Gasteiger partial charge in [0.2, 0.25) is 11.8 Å². The second kappa shape index (κ2) is 10.4. The number of fused-ring (bicyclic) bond motifs is 3. The normalized spacial score (nSPS) is 19.1. The number of piperidine rings is 1. The number of ketones is 1. The molecule has 2 aromatic carbocycles. The average Bonchev–Trinajstić information content (AvgIpc) is 3.31. The van der Waals surface area contributed by atoms with E-state index in [4.69, 9.17) is 0 Å². The van der Waals surface area contributed by atoms with Crippen LogP contribution in [0.2, 0.25) is 0 Å². The highest BCUT2D eigenvalue weighted by Gasteiger charge is 2.56. The van der Waals surface area contributed by atoms with Gasteiger partial charge in [-0.3, -0.25) is 19.1 Å². The number of Topliss-reactive ketones (excluding diaryl/α,β-unsaturated/α-hetero) is 1. The minimum Gasteiger partial charge on any atom is -0.403 e. The van der Waals surface area contributed by atoms with Crippen LogP contribution in [0.4, 0.5) is 23.2 Å². The molecule has 230 valence electrons. The van der Waals surface area contributed by atoms with Gasteiger partial charge in [0.1, 0.15) is 18.3 Å². The van der Waals surface area contributed by atoms with Crippen LogP contribution in [0.1, 0.15) is 30.3 Å². The maximum atomic E-state index is 14.7. The molecule has 1 saturated carbocycles. The summed E-state index contributed by atoms with van der Waals surface area (Å²) in [6.07, 6.45) is 1.02. The number of carbonyl (C=O) groups excluding carboxylic acids is 3. The van der Waals surface area contributed by atoms with Crippen molar-refractivity contribution in [2.45, 2.75) is 44.8 Å². The van der Waals surface area contributed by atoms with Gasteiger partial charge in [0.15, 0.2) is 23.0 Å². The fourth-order valence-corrected chi connectivity index (χ4v) is 5.98. The smallest absolute Gasteiger partial charge is 0.403 e. The third-order valence-electron chi connectivity index (χ3n) is 8.09. The minimum absolute atomic E-state index is 0.0693. The molecule has 7 rings (SSSR count). The van der Waals surface area contributed by atoms with Crippen LogP contribution in [0.3, 0.4) is 0 Å². The van der Waals surface area contributed by atoms with E-state index in [9.17, 15) is 31.9 Å². The monoisotopic (exact) mass is 621 g/mol. The van der Waals surface area contributed by atoms with E-state index in [-0.39, 0.29) is 30.0 Å². The van der Waals surface area contributed by atoms with Crippen LogP contribution in [-0.2, 0) is 16.1 Å². The molecule has 4 heterocycles. The molecule has 1 aliphatic carbocycles. The van der Waals surface area contributed by atoms with Gasteiger partial charge in [-0.1, -0.05) is 12.1 Å². The SMILES string of the molecule is CC(=O)c1nn(CC(=O)N2C3C[C@@H]3C[C@H]2C(=O)Nc2cccc(OC(F)(F)F)c2F)c2ccc(-c3cnc4ccnn4c3)cc12. The lowest BCUT2D eigenvalue weighted by atomic mass is 10.0. The highest BCUT2D eigenvalue weighted by molar-refractivity contribution is 6.06. The molecule has 1 N–H and O–H groups in total. The first-order chi connectivity index (χ1) is 21.5. The number of alkyl halides is 3. The van der Waals surface area contributed by atoms with Crippen molar-refractivity contribution in [1.82, 2.24) is 29.3 Å². The predicted octanol–water partition coefficient (Wildman–Crippen LogP) is 4.61. The largest absolute Gasteiger partial charge is 0.573 e. The molecule has 3 aromatic heterocycles. The third-order valence-corrected chi connectivity index (χ3v) is 8.09. The first-order valence-electron chi connectivity index (χ1n) is 13.9. The number of likely N-dealkylation sites (tertiary alicyclic amines) is 1. The predicted molar refractivity (Wildman–Crippen MR) is 151 cm³/mol. The summed E-state index contributed by atoms with van der Waals surface area (Å²) in [4.78, 5) is 45.3. The second-order valence-corrected chi connectivity index (χ2v) is 11.0. The van der Waals surface area contributed by atoms with Crippen molar-refractivity contribution in [3.8, 4) is 16.9 Å². The van der Waals surface area contributed by atoms with Gasteiger partial charge < -0.3 is 15.0 Å². The molecule has 11 nitrogen and oxygen atoms in total. The standard InChI is InChI=1S/C30H23F4N7O4/c1-15(42)28-19-9-16(18-12-35-25-7-8-36-40(25)13-18)5-6-21(19)39(38-28)14-26(43)41-22-10-17(22)11-23(41)29(44)37-20-3-2-4-24(27(20)31)45-30(32,33)34/h2-9,12-13,17,22-23H,10-11,14H2,1H3,(H,37,44)/t17-,22?,23+/m1/s1. The highest BCUT2D eigenvalue weighted by Crippen LogP contribution is 2.48. The van der Waals surface area contributed by atoms with Gasteiger partial charge in [0.25, 0.3) is 0 Å². The van der Waals surface area contributed by atoms with Crippen molar-refractivity contribution in [1.29, 1.82) is 0 Å². The lowest BCUT2D eigenvalue weighted by Crippen LogP contribution is -2.46. The Morgan fingerprint density at radius 2 is 1.91 bits per heavy atom. The number of halogens is 4. The lowest BCUT2D eigenvalue weighted by molar-refractivity contribution is -0.275. The Hall–Kier alpha value is -5.34. The number of rotatable bonds is 7. The van der Waals surface area contributed by atoms with Crippen LogP contribution in [0.5, 0.6) is 5.75 Å². The summed E-state index contributed by atoms with van der Waals surface area (Å²) in [6, 6.07) is 8.95. The molecular weight excluding hydrogens is 598 g/mol. The van der Waals surface area contributed by atoms with Crippen molar-refractivity contribution >= 4 is 39.8 Å². The van der Waals surface area contributed by atoms with Crippen molar-refractivity contribution in [3.63, 3.8) is 0 Å². The highest BCUT2D eigenvalue weighted by atomic mass is 19.4.